The molecule has 0 aliphatic carbocycles. The lowest BCUT2D eigenvalue weighted by molar-refractivity contribution is 0.0996. The molecule has 33 heavy (non-hydrogen) atoms. The van der Waals surface area contributed by atoms with E-state index in [4.69, 9.17) is 4.74 Å². The van der Waals surface area contributed by atoms with Gasteiger partial charge in [0.1, 0.15) is 0 Å². The minimum Gasteiger partial charge on any atom is -0.380 e. The van der Waals surface area contributed by atoms with E-state index in [9.17, 15) is 13.2 Å². The van der Waals surface area contributed by atoms with Crippen molar-refractivity contribution in [3.63, 3.8) is 0 Å². The van der Waals surface area contributed by atoms with E-state index in [1.807, 2.05) is 11.5 Å². The second-order valence-corrected chi connectivity index (χ2v) is 11.1. The van der Waals surface area contributed by atoms with Crippen LogP contribution in [0.2, 0.25) is 0 Å². The van der Waals surface area contributed by atoms with E-state index in [2.05, 4.69) is 31.0 Å². The highest BCUT2D eigenvalue weighted by Crippen LogP contribution is 2.23. The van der Waals surface area contributed by atoms with Gasteiger partial charge in [0, 0.05) is 31.8 Å². The smallest absolute Gasteiger partial charge is 0.279 e. The lowest BCUT2D eigenvalue weighted by atomic mass is 10.1. The van der Waals surface area contributed by atoms with Crippen LogP contribution < -0.4 is 4.80 Å². The van der Waals surface area contributed by atoms with Crippen molar-refractivity contribution >= 4 is 37.5 Å². The summed E-state index contributed by atoms with van der Waals surface area (Å²) in [5, 5.41) is 0. The van der Waals surface area contributed by atoms with Crippen molar-refractivity contribution in [1.29, 1.82) is 0 Å². The van der Waals surface area contributed by atoms with Crippen LogP contribution in [0.15, 0.2) is 46.3 Å². The van der Waals surface area contributed by atoms with Gasteiger partial charge in [-0.25, -0.2) is 8.42 Å². The van der Waals surface area contributed by atoms with Crippen LogP contribution in [0.4, 0.5) is 0 Å². The molecule has 0 bridgehead atoms. The number of hydrogen-bond donors (Lipinski definition) is 0. The molecule has 1 aliphatic rings. The maximum absolute atomic E-state index is 13.0. The normalized spacial score (nSPS) is 15.5. The molecule has 1 saturated heterocycles. The van der Waals surface area contributed by atoms with Gasteiger partial charge >= 0.3 is 0 Å². The van der Waals surface area contributed by atoms with Crippen LogP contribution in [0, 0.1) is 13.8 Å². The summed E-state index contributed by atoms with van der Waals surface area (Å²) >= 11 is 1.47. The SMILES string of the molecule is CCOCCn1c(=NC(=O)c2ccc(S(=O)(=O)N3CCCC3)cc2)sc2cc(C)c(C)cc21. The van der Waals surface area contributed by atoms with Crippen LogP contribution in [0.5, 0.6) is 0 Å². The number of rotatable bonds is 7. The number of aryl methyl sites for hydroxylation is 2. The predicted octanol–water partition coefficient (Wildman–Crippen LogP) is 3.88. The maximum atomic E-state index is 13.0. The Labute approximate surface area is 198 Å². The topological polar surface area (TPSA) is 81.0 Å². The Morgan fingerprint density at radius 1 is 1.09 bits per heavy atom. The van der Waals surface area contributed by atoms with Crippen molar-refractivity contribution in [3.8, 4) is 0 Å². The second-order valence-electron chi connectivity index (χ2n) is 8.19. The molecule has 0 radical (unpaired) electrons. The van der Waals surface area contributed by atoms with Gasteiger partial charge in [-0.2, -0.15) is 9.30 Å². The summed E-state index contributed by atoms with van der Waals surface area (Å²) in [6.45, 7) is 8.92. The monoisotopic (exact) mass is 487 g/mol. The maximum Gasteiger partial charge on any atom is 0.279 e. The van der Waals surface area contributed by atoms with Crippen molar-refractivity contribution in [2.75, 3.05) is 26.3 Å². The second kappa shape index (κ2) is 9.89. The van der Waals surface area contributed by atoms with Gasteiger partial charge in [-0.1, -0.05) is 11.3 Å². The first-order chi connectivity index (χ1) is 15.8. The minimum absolute atomic E-state index is 0.209. The number of thiazole rings is 1. The molecule has 3 aromatic rings. The van der Waals surface area contributed by atoms with E-state index in [0.717, 1.165) is 23.1 Å². The van der Waals surface area contributed by atoms with Crippen molar-refractivity contribution in [3.05, 3.63) is 57.9 Å². The molecule has 4 rings (SSSR count). The van der Waals surface area contributed by atoms with Crippen molar-refractivity contribution < 1.29 is 17.9 Å². The Bertz CT molecular complexity index is 1330. The van der Waals surface area contributed by atoms with Gasteiger partial charge in [0.05, 0.1) is 21.7 Å². The number of hydrogen-bond acceptors (Lipinski definition) is 5. The van der Waals surface area contributed by atoms with E-state index < -0.39 is 15.9 Å². The zero-order valence-electron chi connectivity index (χ0n) is 19.2. The summed E-state index contributed by atoms with van der Waals surface area (Å²) in [5.41, 5.74) is 3.75. The number of carbonyl (C=O) groups excluding carboxylic acids is 1. The standard InChI is InChI=1S/C24H29N3O4S2/c1-4-31-14-13-27-21-15-17(2)18(3)16-22(21)32-24(27)25-23(28)19-7-9-20(10-8-19)33(29,30)26-11-5-6-12-26/h7-10,15-16H,4-6,11-14H2,1-3H3. The summed E-state index contributed by atoms with van der Waals surface area (Å²) in [7, 11) is -3.51. The Morgan fingerprint density at radius 3 is 2.42 bits per heavy atom. The predicted molar refractivity (Wildman–Crippen MR) is 130 cm³/mol. The number of sulfonamides is 1. The summed E-state index contributed by atoms with van der Waals surface area (Å²) in [5.74, 6) is -0.398. The van der Waals surface area contributed by atoms with Gasteiger partial charge in [0.25, 0.3) is 5.91 Å². The third-order valence-corrected chi connectivity index (χ3v) is 8.92. The fraction of sp³-hybridized carbons (Fsp3) is 0.417. The lowest BCUT2D eigenvalue weighted by Crippen LogP contribution is -2.27. The average molecular weight is 488 g/mol. The number of carbonyl (C=O) groups is 1. The first kappa shape index (κ1) is 23.8. The van der Waals surface area contributed by atoms with Crippen LogP contribution in [-0.4, -0.2) is 49.5 Å². The lowest BCUT2D eigenvalue weighted by Gasteiger charge is -2.15. The fourth-order valence-electron chi connectivity index (χ4n) is 3.92. The molecule has 9 heteroatoms. The number of amides is 1. The van der Waals surface area contributed by atoms with Crippen LogP contribution in [0.3, 0.4) is 0 Å². The van der Waals surface area contributed by atoms with Crippen molar-refractivity contribution in [2.45, 2.75) is 45.1 Å². The van der Waals surface area contributed by atoms with E-state index in [0.29, 0.717) is 43.2 Å². The largest absolute Gasteiger partial charge is 0.380 e. The highest BCUT2D eigenvalue weighted by Gasteiger charge is 2.27. The van der Waals surface area contributed by atoms with E-state index in [1.165, 1.54) is 38.9 Å². The number of aromatic nitrogens is 1. The van der Waals surface area contributed by atoms with Crippen molar-refractivity contribution in [2.24, 2.45) is 4.99 Å². The quantitative estimate of drug-likeness (QED) is 0.474. The highest BCUT2D eigenvalue weighted by molar-refractivity contribution is 7.89. The first-order valence-electron chi connectivity index (χ1n) is 11.2. The molecule has 176 valence electrons. The molecule has 0 unspecified atom stereocenters. The van der Waals surface area contributed by atoms with Crippen molar-refractivity contribution in [1.82, 2.24) is 8.87 Å². The summed E-state index contributed by atoms with van der Waals surface area (Å²) in [6, 6.07) is 10.3. The molecule has 2 heterocycles. The van der Waals surface area contributed by atoms with Crippen LogP contribution in [-0.2, 0) is 21.3 Å². The van der Waals surface area contributed by atoms with Crippen LogP contribution in [0.1, 0.15) is 41.3 Å². The Balaban J connectivity index is 1.67. The molecule has 1 aliphatic heterocycles. The minimum atomic E-state index is -3.51. The number of benzene rings is 2. The molecule has 0 N–H and O–H groups in total. The number of ether oxygens (including phenoxy) is 1. The molecular weight excluding hydrogens is 458 g/mol. The molecule has 1 aromatic heterocycles. The molecule has 0 saturated carbocycles. The summed E-state index contributed by atoms with van der Waals surface area (Å²) < 4.78 is 35.6. The Hall–Kier alpha value is -2.33. The van der Waals surface area contributed by atoms with Gasteiger partial charge in [-0.05, 0) is 81.1 Å². The number of nitrogens with zero attached hydrogens (tertiary/aromatic N) is 3. The molecule has 1 amide bonds. The third kappa shape index (κ3) is 4.96. The highest BCUT2D eigenvalue weighted by atomic mass is 32.2. The molecule has 0 atom stereocenters. The van der Waals surface area contributed by atoms with E-state index >= 15 is 0 Å². The van der Waals surface area contributed by atoms with Gasteiger partial charge in [-0.3, -0.25) is 4.79 Å². The Kier molecular flexibility index (Phi) is 7.13. The zero-order chi connectivity index (χ0) is 23.6. The average Bonchev–Trinajstić information content (AvgIpc) is 3.44. The fourth-order valence-corrected chi connectivity index (χ4v) is 6.57. The van der Waals surface area contributed by atoms with E-state index in [1.54, 1.807) is 12.1 Å². The molecule has 0 spiro atoms. The third-order valence-electron chi connectivity index (χ3n) is 5.96. The molecule has 1 fully saturated rings. The van der Waals surface area contributed by atoms with Crippen LogP contribution in [0.25, 0.3) is 10.2 Å². The zero-order valence-corrected chi connectivity index (χ0v) is 20.8. The first-order valence-corrected chi connectivity index (χ1v) is 13.4. The molecular formula is C24H29N3O4S2. The summed E-state index contributed by atoms with van der Waals surface area (Å²) in [4.78, 5) is 18.2. The number of fused-ring (bicyclic) bond motifs is 1. The van der Waals surface area contributed by atoms with Gasteiger partial charge in [0.2, 0.25) is 10.0 Å². The molecule has 7 nitrogen and oxygen atoms in total. The van der Waals surface area contributed by atoms with Gasteiger partial charge < -0.3 is 9.30 Å². The van der Waals surface area contributed by atoms with E-state index in [-0.39, 0.29) is 4.90 Å². The summed E-state index contributed by atoms with van der Waals surface area (Å²) in [6.07, 6.45) is 1.76. The van der Waals surface area contributed by atoms with Crippen LogP contribution >= 0.6 is 11.3 Å². The van der Waals surface area contributed by atoms with Gasteiger partial charge in [-0.15, -0.1) is 0 Å². The molecule has 2 aromatic carbocycles. The Morgan fingerprint density at radius 2 is 1.76 bits per heavy atom. The van der Waals surface area contributed by atoms with Gasteiger partial charge in [0.15, 0.2) is 4.80 Å².